The quantitative estimate of drug-likeness (QED) is 0.0893. The second-order valence-corrected chi connectivity index (χ2v) is 13.6. The van der Waals surface area contributed by atoms with Crippen molar-refractivity contribution in [1.82, 2.24) is 0 Å². The van der Waals surface area contributed by atoms with Gasteiger partial charge in [-0.2, -0.15) is 0 Å². The zero-order valence-corrected chi connectivity index (χ0v) is 28.3. The fourth-order valence-electron chi connectivity index (χ4n) is 4.53. The molecule has 9 nitrogen and oxygen atoms in total. The first-order chi connectivity index (χ1) is 19.2. The second kappa shape index (κ2) is 21.1. The van der Waals surface area contributed by atoms with Gasteiger partial charge in [0.15, 0.2) is 0 Å². The molecule has 0 aromatic rings. The van der Waals surface area contributed by atoms with Crippen LogP contribution in [0.5, 0.6) is 0 Å². The Hall–Kier alpha value is -1.71. The van der Waals surface area contributed by atoms with Gasteiger partial charge in [-0.05, 0) is 32.1 Å². The molecule has 0 aromatic heterocycles. The maximum atomic E-state index is 13.0. The first kappa shape index (κ1) is 39.3. The summed E-state index contributed by atoms with van der Waals surface area (Å²) in [5.41, 5.74) is 0. The monoisotopic (exact) mass is 588 g/mol. The van der Waals surface area contributed by atoms with Crippen molar-refractivity contribution < 1.29 is 42.0 Å². The third-order valence-electron chi connectivity index (χ3n) is 7.94. The summed E-state index contributed by atoms with van der Waals surface area (Å²) >= 11 is 0. The zero-order valence-electron chi connectivity index (χ0n) is 28.3. The molecule has 242 valence electrons. The van der Waals surface area contributed by atoms with Gasteiger partial charge < -0.3 is 27.7 Å². The molecule has 0 aliphatic heterocycles. The normalized spacial score (nSPS) is 12.4. The number of unbranched alkanes of at least 4 members (excludes halogenated alkanes) is 3. The van der Waals surface area contributed by atoms with Crippen LogP contribution in [0, 0.1) is 5.92 Å². The first-order valence-electron chi connectivity index (χ1n) is 16.1. The van der Waals surface area contributed by atoms with Gasteiger partial charge >= 0.3 is 17.9 Å². The Labute approximate surface area is 252 Å². The highest BCUT2D eigenvalue weighted by Crippen LogP contribution is 2.18. The third kappa shape index (κ3) is 21.6. The molecule has 0 amide bonds. The Morgan fingerprint density at radius 2 is 0.829 bits per heavy atom. The molecule has 0 radical (unpaired) electrons. The first-order valence-corrected chi connectivity index (χ1v) is 16.1. The maximum Gasteiger partial charge on any atom is 0.309 e. The van der Waals surface area contributed by atoms with Crippen LogP contribution in [-0.4, -0.2) is 133 Å². The molecule has 0 aliphatic rings. The molecule has 9 heteroatoms. The van der Waals surface area contributed by atoms with Crippen molar-refractivity contribution in [3.8, 4) is 0 Å². The molecule has 0 saturated heterocycles. The molecule has 0 bridgehead atoms. The van der Waals surface area contributed by atoms with Crippen molar-refractivity contribution in [3.63, 3.8) is 0 Å². The van der Waals surface area contributed by atoms with Crippen LogP contribution in [-0.2, 0) is 28.6 Å². The van der Waals surface area contributed by atoms with E-state index in [4.69, 9.17) is 14.2 Å². The molecule has 0 aliphatic carbocycles. The highest BCUT2D eigenvalue weighted by molar-refractivity contribution is 5.76. The molecular weight excluding hydrogens is 522 g/mol. The Morgan fingerprint density at radius 1 is 0.512 bits per heavy atom. The number of nitrogens with zero attached hydrogens (tertiary/aromatic N) is 3. The van der Waals surface area contributed by atoms with E-state index < -0.39 is 5.92 Å². The molecule has 0 atom stereocenters. The van der Waals surface area contributed by atoms with Crippen LogP contribution < -0.4 is 0 Å². The van der Waals surface area contributed by atoms with Crippen molar-refractivity contribution in [3.05, 3.63) is 0 Å². The molecule has 0 saturated carbocycles. The van der Waals surface area contributed by atoms with Gasteiger partial charge in [0.1, 0.15) is 39.5 Å². The summed E-state index contributed by atoms with van der Waals surface area (Å²) in [6, 6.07) is 0. The van der Waals surface area contributed by atoms with Crippen LogP contribution in [0.1, 0.15) is 85.0 Å². The average molecular weight is 589 g/mol. The summed E-state index contributed by atoms with van der Waals surface area (Å²) in [4.78, 5) is 38.0. The second-order valence-electron chi connectivity index (χ2n) is 13.6. The molecule has 0 rings (SSSR count). The molecule has 0 fully saturated rings. The van der Waals surface area contributed by atoms with Gasteiger partial charge in [0.05, 0.1) is 67.8 Å². The maximum absolute atomic E-state index is 13.0. The SMILES string of the molecule is CCCC[N+](C)(C)CCOC(=O)CCC(CCC(=O)OCC[N+](C)(C)CCCC)C(=O)OCC[N+](C)(C)CCCC. The largest absolute Gasteiger partial charge is 0.460 e. The van der Waals surface area contributed by atoms with E-state index in [9.17, 15) is 14.4 Å². The lowest BCUT2D eigenvalue weighted by atomic mass is 9.97. The van der Waals surface area contributed by atoms with E-state index in [1.54, 1.807) is 0 Å². The average Bonchev–Trinajstić information content (AvgIpc) is 2.89. The number of hydrogen-bond acceptors (Lipinski definition) is 6. The summed E-state index contributed by atoms with van der Waals surface area (Å²) in [7, 11) is 12.8. The number of likely N-dealkylation sites (N-methyl/N-ethyl adjacent to an activating group) is 3. The van der Waals surface area contributed by atoms with Crippen LogP contribution in [0.2, 0.25) is 0 Å². The minimum Gasteiger partial charge on any atom is -0.460 e. The van der Waals surface area contributed by atoms with Crippen LogP contribution >= 0.6 is 0 Å². The lowest BCUT2D eigenvalue weighted by Crippen LogP contribution is -2.43. The fraction of sp³-hybridized carbons (Fsp3) is 0.906. The van der Waals surface area contributed by atoms with Gasteiger partial charge in [-0.3, -0.25) is 14.4 Å². The van der Waals surface area contributed by atoms with E-state index in [0.717, 1.165) is 91.2 Å². The Balaban J connectivity index is 4.89. The summed E-state index contributed by atoms with van der Waals surface area (Å²) < 4.78 is 19.0. The van der Waals surface area contributed by atoms with Crippen molar-refractivity contribution in [1.29, 1.82) is 0 Å². The fourth-order valence-corrected chi connectivity index (χ4v) is 4.53. The van der Waals surface area contributed by atoms with E-state index in [2.05, 4.69) is 63.1 Å². The van der Waals surface area contributed by atoms with Gasteiger partial charge in [0.25, 0.3) is 0 Å². The predicted molar refractivity (Wildman–Crippen MR) is 165 cm³/mol. The lowest BCUT2D eigenvalue weighted by Gasteiger charge is -2.29. The van der Waals surface area contributed by atoms with E-state index in [1.807, 2.05) is 0 Å². The summed E-state index contributed by atoms with van der Waals surface area (Å²) in [5.74, 6) is -1.53. The van der Waals surface area contributed by atoms with Crippen LogP contribution in [0.15, 0.2) is 0 Å². The van der Waals surface area contributed by atoms with Crippen molar-refractivity contribution in [2.45, 2.75) is 85.0 Å². The molecule has 0 heterocycles. The number of carbonyl (C=O) groups is 3. The van der Waals surface area contributed by atoms with Gasteiger partial charge in [-0.25, -0.2) is 0 Å². The number of rotatable bonds is 25. The Morgan fingerprint density at radius 3 is 1.15 bits per heavy atom. The molecule has 0 spiro atoms. The molecule has 0 aromatic carbocycles. The Kier molecular flexibility index (Phi) is 20.2. The minimum atomic E-state index is -0.546. The predicted octanol–water partition coefficient (Wildman–Crippen LogP) is 4.42. The minimum absolute atomic E-state index is 0.123. The van der Waals surface area contributed by atoms with Crippen molar-refractivity contribution >= 4 is 17.9 Å². The topological polar surface area (TPSA) is 78.9 Å². The number of ether oxygens (including phenoxy) is 3. The van der Waals surface area contributed by atoms with Crippen molar-refractivity contribution in [2.24, 2.45) is 5.92 Å². The van der Waals surface area contributed by atoms with Gasteiger partial charge in [-0.15, -0.1) is 0 Å². The molecule has 0 unspecified atom stereocenters. The number of quaternary nitrogens is 3. The number of esters is 3. The third-order valence-corrected chi connectivity index (χ3v) is 7.94. The van der Waals surface area contributed by atoms with E-state index in [-0.39, 0.29) is 30.7 Å². The standard InChI is InChI=1S/C32H66N3O6/c1-10-13-20-33(4,5)23-26-39-30(36)18-16-29(32(38)41-28-25-35(8,9)22-15-12-3)17-19-31(37)40-27-24-34(6,7)21-14-11-2/h29H,10-28H2,1-9H3/q+3. The number of carbonyl (C=O) groups excluding carboxylic acids is 3. The van der Waals surface area contributed by atoms with E-state index in [0.29, 0.717) is 32.7 Å². The van der Waals surface area contributed by atoms with Crippen molar-refractivity contribution in [2.75, 3.05) is 101 Å². The van der Waals surface area contributed by atoms with E-state index >= 15 is 0 Å². The lowest BCUT2D eigenvalue weighted by molar-refractivity contribution is -0.890. The molecule has 0 N–H and O–H groups in total. The number of hydrogen-bond donors (Lipinski definition) is 0. The van der Waals surface area contributed by atoms with Crippen LogP contribution in [0.25, 0.3) is 0 Å². The molecular formula is C32H66N3O6+3. The van der Waals surface area contributed by atoms with E-state index in [1.165, 1.54) is 0 Å². The Bertz CT molecular complexity index is 697. The summed E-state index contributed by atoms with van der Waals surface area (Å²) in [5, 5.41) is 0. The summed E-state index contributed by atoms with van der Waals surface area (Å²) in [6.45, 7) is 12.9. The summed E-state index contributed by atoms with van der Waals surface area (Å²) in [6.07, 6.45) is 7.64. The highest BCUT2D eigenvalue weighted by atomic mass is 16.5. The van der Waals surface area contributed by atoms with Gasteiger partial charge in [-0.1, -0.05) is 40.0 Å². The van der Waals surface area contributed by atoms with Gasteiger partial charge in [0, 0.05) is 12.8 Å². The molecule has 41 heavy (non-hydrogen) atoms. The van der Waals surface area contributed by atoms with Gasteiger partial charge in [0.2, 0.25) is 0 Å². The smallest absolute Gasteiger partial charge is 0.309 e. The highest BCUT2D eigenvalue weighted by Gasteiger charge is 2.25. The zero-order chi connectivity index (χ0) is 31.4. The van der Waals surface area contributed by atoms with Crippen LogP contribution in [0.3, 0.4) is 0 Å². The van der Waals surface area contributed by atoms with Crippen LogP contribution in [0.4, 0.5) is 0 Å².